The van der Waals surface area contributed by atoms with Crippen molar-refractivity contribution in [2.45, 2.75) is 77.5 Å². The summed E-state index contributed by atoms with van der Waals surface area (Å²) in [6.45, 7) is 8.48. The smallest absolute Gasteiger partial charge is 0.407 e. The number of rotatable bonds is 10. The summed E-state index contributed by atoms with van der Waals surface area (Å²) >= 11 is 0. The van der Waals surface area contributed by atoms with Crippen LogP contribution >= 0.6 is 24.8 Å². The van der Waals surface area contributed by atoms with Crippen LogP contribution in [0.5, 0.6) is 0 Å². The molecule has 2 aliphatic heterocycles. The van der Waals surface area contributed by atoms with E-state index in [1.807, 2.05) is 70.2 Å². The number of imidazole rings is 2. The van der Waals surface area contributed by atoms with Crippen LogP contribution in [-0.2, 0) is 14.3 Å². The van der Waals surface area contributed by atoms with Crippen molar-refractivity contribution in [3.63, 3.8) is 0 Å². The molecule has 4 amide bonds. The van der Waals surface area contributed by atoms with Crippen LogP contribution in [0.2, 0.25) is 0 Å². The number of nitrogens with one attached hydrogen (secondary N) is 4. The van der Waals surface area contributed by atoms with Gasteiger partial charge in [-0.25, -0.2) is 19.6 Å². The fraction of sp³-hybridized carbons (Fsp3) is 0.395. The van der Waals surface area contributed by atoms with E-state index in [4.69, 9.17) is 9.72 Å². The number of likely N-dealkylation sites (tertiary alicyclic amines) is 2. The molecule has 0 spiro atoms. The van der Waals surface area contributed by atoms with Crippen molar-refractivity contribution in [3.8, 4) is 46.1 Å². The Bertz CT molecular complexity index is 2240. The molecule has 4 atom stereocenters. The first kappa shape index (κ1) is 45.7. The van der Waals surface area contributed by atoms with E-state index >= 15 is 0 Å². The van der Waals surface area contributed by atoms with Gasteiger partial charge in [0.05, 0.1) is 37.3 Å². The van der Waals surface area contributed by atoms with Crippen LogP contribution in [0.15, 0.2) is 60.9 Å². The average molecular weight is 846 g/mol. The summed E-state index contributed by atoms with van der Waals surface area (Å²) in [5.41, 5.74) is 4.92. The Kier molecular flexibility index (Phi) is 16.0. The molecule has 3 unspecified atom stereocenters. The van der Waals surface area contributed by atoms with E-state index in [2.05, 4.69) is 55.3 Å². The van der Waals surface area contributed by atoms with Crippen LogP contribution < -0.4 is 10.6 Å². The van der Waals surface area contributed by atoms with Crippen molar-refractivity contribution in [2.24, 2.45) is 11.8 Å². The Labute approximate surface area is 356 Å². The summed E-state index contributed by atoms with van der Waals surface area (Å²) in [5.74, 6) is 12.7. The van der Waals surface area contributed by atoms with Gasteiger partial charge >= 0.3 is 12.2 Å². The maximum atomic E-state index is 13.6. The van der Waals surface area contributed by atoms with Crippen molar-refractivity contribution >= 4 is 48.8 Å². The third-order valence-corrected chi connectivity index (χ3v) is 10.4. The van der Waals surface area contributed by atoms with Crippen LogP contribution in [-0.4, -0.2) is 91.1 Å². The lowest BCUT2D eigenvalue weighted by Crippen LogP contribution is -2.51. The fourth-order valence-electron chi connectivity index (χ4n) is 7.43. The predicted octanol–water partition coefficient (Wildman–Crippen LogP) is 6.71. The van der Waals surface area contributed by atoms with Crippen molar-refractivity contribution in [1.82, 2.24) is 40.4 Å². The highest BCUT2D eigenvalue weighted by Gasteiger charge is 2.38. The van der Waals surface area contributed by atoms with Crippen molar-refractivity contribution in [3.05, 3.63) is 83.8 Å². The fourth-order valence-corrected chi connectivity index (χ4v) is 7.43. The van der Waals surface area contributed by atoms with Crippen LogP contribution in [0.3, 0.4) is 0 Å². The number of alkyl carbamates (subject to hydrolysis) is 1. The molecule has 0 aliphatic carbocycles. The number of methoxy groups -OCH3 is 1. The van der Waals surface area contributed by atoms with Gasteiger partial charge < -0.3 is 40.2 Å². The summed E-state index contributed by atoms with van der Waals surface area (Å²) in [5, 5.41) is 14.3. The second-order valence-electron chi connectivity index (χ2n) is 14.9. The molecule has 2 aromatic heterocycles. The van der Waals surface area contributed by atoms with Gasteiger partial charge in [0.15, 0.2) is 0 Å². The molecular formula is C43H50Cl2N8O6. The second-order valence-corrected chi connectivity index (χ2v) is 14.9. The van der Waals surface area contributed by atoms with Crippen LogP contribution in [0, 0.1) is 35.5 Å². The average Bonchev–Trinajstić information content (AvgIpc) is 4.04. The van der Waals surface area contributed by atoms with Gasteiger partial charge in [-0.05, 0) is 78.5 Å². The number of ether oxygens (including phenoxy) is 1. The third kappa shape index (κ3) is 10.8. The number of aromatic amines is 2. The van der Waals surface area contributed by atoms with E-state index in [1.54, 1.807) is 22.2 Å². The summed E-state index contributed by atoms with van der Waals surface area (Å²) < 4.78 is 4.77. The zero-order valence-electron chi connectivity index (χ0n) is 33.6. The molecule has 5 N–H and O–H groups in total. The SMILES string of the molecule is COC(=O)NC(C(=O)N1CCCC1c1ncc(-c2ccc(C#CC#Cc3cnc(C4CCCN4C(=O)[C@@H](NC(=O)O)C(C)C)[nH]3)c(-c3ccccc3)c2)[nH]1)C(C)C.Cl.Cl. The number of hydrogen-bond acceptors (Lipinski definition) is 7. The van der Waals surface area contributed by atoms with Gasteiger partial charge in [0.25, 0.3) is 0 Å². The molecule has 2 saturated heterocycles. The number of halogens is 2. The summed E-state index contributed by atoms with van der Waals surface area (Å²) in [7, 11) is 1.28. The Morgan fingerprint density at radius 3 is 1.95 bits per heavy atom. The highest BCUT2D eigenvalue weighted by atomic mass is 35.5. The van der Waals surface area contributed by atoms with E-state index in [-0.39, 0.29) is 60.5 Å². The highest BCUT2D eigenvalue weighted by molar-refractivity contribution is 5.87. The van der Waals surface area contributed by atoms with E-state index in [0.29, 0.717) is 36.9 Å². The quantitative estimate of drug-likeness (QED) is 0.109. The predicted molar refractivity (Wildman–Crippen MR) is 228 cm³/mol. The van der Waals surface area contributed by atoms with E-state index in [1.165, 1.54) is 7.11 Å². The summed E-state index contributed by atoms with van der Waals surface area (Å²) in [6.07, 6.45) is 4.57. The highest BCUT2D eigenvalue weighted by Crippen LogP contribution is 2.35. The monoisotopic (exact) mass is 844 g/mol. The topological polar surface area (TPSA) is 186 Å². The maximum Gasteiger partial charge on any atom is 0.407 e. The van der Waals surface area contributed by atoms with Gasteiger partial charge in [-0.15, -0.1) is 24.8 Å². The minimum atomic E-state index is -1.23. The van der Waals surface area contributed by atoms with Crippen LogP contribution in [0.4, 0.5) is 9.59 Å². The minimum Gasteiger partial charge on any atom is -0.465 e. The van der Waals surface area contributed by atoms with Crippen LogP contribution in [0.1, 0.15) is 88.4 Å². The largest absolute Gasteiger partial charge is 0.465 e. The molecule has 14 nitrogen and oxygen atoms in total. The molecule has 6 rings (SSSR count). The molecule has 312 valence electrons. The normalized spacial score (nSPS) is 16.7. The number of amides is 4. The lowest BCUT2D eigenvalue weighted by Gasteiger charge is -2.30. The summed E-state index contributed by atoms with van der Waals surface area (Å²) in [4.78, 5) is 69.7. The molecule has 0 radical (unpaired) electrons. The zero-order chi connectivity index (χ0) is 40.6. The number of H-pyrrole nitrogens is 2. The van der Waals surface area contributed by atoms with Gasteiger partial charge in [-0.1, -0.05) is 70.0 Å². The molecule has 2 aliphatic rings. The van der Waals surface area contributed by atoms with Crippen molar-refractivity contribution in [2.75, 3.05) is 20.2 Å². The first-order chi connectivity index (χ1) is 27.4. The summed E-state index contributed by atoms with van der Waals surface area (Å²) in [6, 6.07) is 13.8. The number of carbonyl (C=O) groups excluding carboxylic acids is 3. The Balaban J connectivity index is 0.00000384. The molecule has 16 heteroatoms. The van der Waals surface area contributed by atoms with Gasteiger partial charge in [-0.3, -0.25) is 9.59 Å². The first-order valence-corrected chi connectivity index (χ1v) is 19.2. The maximum absolute atomic E-state index is 13.6. The molecule has 4 heterocycles. The van der Waals surface area contributed by atoms with E-state index < -0.39 is 24.3 Å². The van der Waals surface area contributed by atoms with E-state index in [9.17, 15) is 24.3 Å². The molecule has 2 fully saturated rings. The molecular weight excluding hydrogens is 795 g/mol. The molecule has 0 bridgehead atoms. The Hall–Kier alpha value is -5.96. The molecule has 2 aromatic carbocycles. The molecule has 4 aromatic rings. The minimum absolute atomic E-state index is 0. The van der Waals surface area contributed by atoms with E-state index in [0.717, 1.165) is 47.2 Å². The standard InChI is InChI=1S/C43H48N8O6.2ClH/c1-26(2)36(48-42(54)55)40(52)50-21-11-17-34(50)38-44-24-31(46-38)16-10-9-15-29-19-20-30(23-32(29)28-13-7-6-8-14-28)33-25-45-39(47-33)35-18-12-22-51(35)41(53)37(27(3)4)49-43(56)57-5;;/h6-8,13-14,19-20,23-27,34-37,48H,11-12,17-18,21-22H2,1-5H3,(H,44,46)(H,45,47)(H,49,56)(H,54,55);2*1H/t34?,35?,36-,37?;;/m0../s1. The van der Waals surface area contributed by atoms with Gasteiger partial charge in [0.1, 0.15) is 29.4 Å². The van der Waals surface area contributed by atoms with Gasteiger partial charge in [0, 0.05) is 24.2 Å². The number of carbonyl (C=O) groups is 4. The third-order valence-electron chi connectivity index (χ3n) is 10.4. The molecule has 59 heavy (non-hydrogen) atoms. The van der Waals surface area contributed by atoms with Gasteiger partial charge in [-0.2, -0.15) is 0 Å². The van der Waals surface area contributed by atoms with Crippen molar-refractivity contribution in [1.29, 1.82) is 0 Å². The second kappa shape index (κ2) is 20.6. The number of benzene rings is 2. The Morgan fingerprint density at radius 1 is 0.780 bits per heavy atom. The van der Waals surface area contributed by atoms with Crippen LogP contribution in [0.25, 0.3) is 22.4 Å². The number of nitrogens with zero attached hydrogens (tertiary/aromatic N) is 4. The lowest BCUT2D eigenvalue weighted by atomic mass is 9.96. The number of hydrogen-bond donors (Lipinski definition) is 5. The van der Waals surface area contributed by atoms with Gasteiger partial charge in [0.2, 0.25) is 11.8 Å². The Morgan fingerprint density at radius 2 is 1.36 bits per heavy atom. The zero-order valence-corrected chi connectivity index (χ0v) is 35.2. The lowest BCUT2D eigenvalue weighted by molar-refractivity contribution is -0.136. The number of aromatic nitrogens is 4. The van der Waals surface area contributed by atoms with Crippen molar-refractivity contribution < 1.29 is 29.0 Å². The first-order valence-electron chi connectivity index (χ1n) is 19.2. The molecule has 0 saturated carbocycles. The number of carboxylic acid groups (broad SMARTS) is 1.